The quantitative estimate of drug-likeness (QED) is 0.593. The third-order valence-corrected chi connectivity index (χ3v) is 2.59. The predicted molar refractivity (Wildman–Crippen MR) is 47.5 cm³/mol. The number of nitrogens with one attached hydrogen (secondary N) is 1. The number of amides is 1. The molecule has 2 N–H and O–H groups in total. The number of hydrogen-bond donors (Lipinski definition) is 2. The van der Waals surface area contributed by atoms with Gasteiger partial charge in [-0.05, 0) is 13.8 Å². The summed E-state index contributed by atoms with van der Waals surface area (Å²) >= 11 is 0. The second-order valence-electron chi connectivity index (χ2n) is 4.23. The fraction of sp³-hybridized carbons (Fsp3) is 0.889. The highest BCUT2D eigenvalue weighted by Gasteiger charge is 2.42. The second-order valence-corrected chi connectivity index (χ2v) is 4.23. The average Bonchev–Trinajstić information content (AvgIpc) is 2.57. The second kappa shape index (κ2) is 3.18. The molecule has 2 rings (SSSR count). The van der Waals surface area contributed by atoms with E-state index >= 15 is 0 Å². The average molecular weight is 201 g/mol. The van der Waals surface area contributed by atoms with E-state index in [9.17, 15) is 9.90 Å². The summed E-state index contributed by atoms with van der Waals surface area (Å²) < 4.78 is 11.0. The molecule has 0 aromatic rings. The first-order chi connectivity index (χ1) is 6.48. The molecule has 0 saturated carbocycles. The molecule has 0 aliphatic carbocycles. The van der Waals surface area contributed by atoms with Gasteiger partial charge in [0, 0.05) is 6.42 Å². The van der Waals surface area contributed by atoms with Crippen LogP contribution in [0.15, 0.2) is 0 Å². The highest BCUT2D eigenvalue weighted by Crippen LogP contribution is 2.27. The Morgan fingerprint density at radius 3 is 2.71 bits per heavy atom. The monoisotopic (exact) mass is 201 g/mol. The van der Waals surface area contributed by atoms with E-state index in [0.717, 1.165) is 0 Å². The van der Waals surface area contributed by atoms with Crippen molar-refractivity contribution in [3.05, 3.63) is 0 Å². The van der Waals surface area contributed by atoms with Crippen LogP contribution in [0.2, 0.25) is 0 Å². The number of aliphatic hydroxyl groups excluding tert-OH is 1. The lowest BCUT2D eigenvalue weighted by molar-refractivity contribution is -0.142. The molecule has 0 aromatic carbocycles. The Labute approximate surface area is 82.4 Å². The fourth-order valence-electron chi connectivity index (χ4n) is 1.84. The van der Waals surface area contributed by atoms with Crippen molar-refractivity contribution in [3.63, 3.8) is 0 Å². The molecular formula is C9H15NO4. The number of aliphatic hydroxyl groups is 1. The maximum atomic E-state index is 11.0. The first-order valence-electron chi connectivity index (χ1n) is 4.78. The molecule has 5 heteroatoms. The van der Waals surface area contributed by atoms with Crippen LogP contribution in [-0.4, -0.2) is 41.7 Å². The van der Waals surface area contributed by atoms with Gasteiger partial charge in [0.1, 0.15) is 12.2 Å². The molecule has 0 radical (unpaired) electrons. The SMILES string of the molecule is CC1(C)OC[C@H]([C@@H]2C[C@@H](O)C(=O)N2)O1. The lowest BCUT2D eigenvalue weighted by atomic mass is 10.1. The topological polar surface area (TPSA) is 67.8 Å². The van der Waals surface area contributed by atoms with Gasteiger partial charge in [0.15, 0.2) is 5.79 Å². The van der Waals surface area contributed by atoms with Gasteiger partial charge in [-0.1, -0.05) is 0 Å². The van der Waals surface area contributed by atoms with Crippen LogP contribution in [0.1, 0.15) is 20.3 Å². The summed E-state index contributed by atoms with van der Waals surface area (Å²) in [5, 5.41) is 11.9. The van der Waals surface area contributed by atoms with Crippen molar-refractivity contribution < 1.29 is 19.4 Å². The first kappa shape index (κ1) is 9.89. The molecule has 5 nitrogen and oxygen atoms in total. The number of carbonyl (C=O) groups excluding carboxylic acids is 1. The van der Waals surface area contributed by atoms with Crippen molar-refractivity contribution in [2.24, 2.45) is 0 Å². The third kappa shape index (κ3) is 1.75. The minimum absolute atomic E-state index is 0.126. The molecule has 80 valence electrons. The van der Waals surface area contributed by atoms with E-state index in [-0.39, 0.29) is 18.1 Å². The molecule has 2 saturated heterocycles. The van der Waals surface area contributed by atoms with E-state index in [1.807, 2.05) is 13.8 Å². The van der Waals surface area contributed by atoms with Crippen molar-refractivity contribution in [1.82, 2.24) is 5.32 Å². The molecule has 0 spiro atoms. The molecule has 3 atom stereocenters. The van der Waals surface area contributed by atoms with Gasteiger partial charge in [-0.2, -0.15) is 0 Å². The Hall–Kier alpha value is -0.650. The van der Waals surface area contributed by atoms with Gasteiger partial charge in [-0.15, -0.1) is 0 Å². The molecule has 1 amide bonds. The van der Waals surface area contributed by atoms with E-state index < -0.39 is 11.9 Å². The molecule has 2 aliphatic heterocycles. The van der Waals surface area contributed by atoms with Crippen LogP contribution in [0.4, 0.5) is 0 Å². The van der Waals surface area contributed by atoms with Gasteiger partial charge in [0.05, 0.1) is 12.6 Å². The minimum Gasteiger partial charge on any atom is -0.383 e. The smallest absolute Gasteiger partial charge is 0.249 e. The third-order valence-electron chi connectivity index (χ3n) is 2.59. The van der Waals surface area contributed by atoms with Gasteiger partial charge in [-0.3, -0.25) is 4.79 Å². The van der Waals surface area contributed by atoms with Crippen molar-refractivity contribution in [1.29, 1.82) is 0 Å². The number of ether oxygens (including phenoxy) is 2. The van der Waals surface area contributed by atoms with E-state index in [1.54, 1.807) is 0 Å². The molecule has 2 aliphatic rings. The van der Waals surface area contributed by atoms with Gasteiger partial charge < -0.3 is 19.9 Å². The van der Waals surface area contributed by atoms with Crippen molar-refractivity contribution >= 4 is 5.91 Å². The maximum absolute atomic E-state index is 11.0. The summed E-state index contributed by atoms with van der Waals surface area (Å²) in [6, 6.07) is -0.126. The maximum Gasteiger partial charge on any atom is 0.249 e. The van der Waals surface area contributed by atoms with Gasteiger partial charge in [0.2, 0.25) is 5.91 Å². The number of rotatable bonds is 1. The zero-order valence-electron chi connectivity index (χ0n) is 8.32. The molecule has 2 heterocycles. The molecule has 2 fully saturated rings. The van der Waals surface area contributed by atoms with Crippen molar-refractivity contribution in [2.75, 3.05) is 6.61 Å². The Kier molecular flexibility index (Phi) is 2.25. The van der Waals surface area contributed by atoms with Crippen LogP contribution in [0.5, 0.6) is 0 Å². The first-order valence-corrected chi connectivity index (χ1v) is 4.78. The van der Waals surface area contributed by atoms with E-state index in [1.165, 1.54) is 0 Å². The van der Waals surface area contributed by atoms with Crippen molar-refractivity contribution in [3.8, 4) is 0 Å². The Morgan fingerprint density at radius 2 is 2.29 bits per heavy atom. The lowest BCUT2D eigenvalue weighted by Crippen LogP contribution is -2.39. The molecule has 0 unspecified atom stereocenters. The van der Waals surface area contributed by atoms with Gasteiger partial charge >= 0.3 is 0 Å². The molecule has 14 heavy (non-hydrogen) atoms. The van der Waals surface area contributed by atoms with Crippen LogP contribution >= 0.6 is 0 Å². The van der Waals surface area contributed by atoms with E-state index in [4.69, 9.17) is 9.47 Å². The molecule has 0 bridgehead atoms. The fourth-order valence-corrected chi connectivity index (χ4v) is 1.84. The minimum atomic E-state index is -0.896. The zero-order valence-corrected chi connectivity index (χ0v) is 8.32. The van der Waals surface area contributed by atoms with Crippen LogP contribution < -0.4 is 5.32 Å². The molecule has 0 aromatic heterocycles. The lowest BCUT2D eigenvalue weighted by Gasteiger charge is -2.20. The van der Waals surface area contributed by atoms with E-state index in [2.05, 4.69) is 5.32 Å². The summed E-state index contributed by atoms with van der Waals surface area (Å²) in [5.41, 5.74) is 0. The summed E-state index contributed by atoms with van der Waals surface area (Å²) in [5.74, 6) is -0.897. The Bertz CT molecular complexity index is 253. The van der Waals surface area contributed by atoms with Crippen LogP contribution in [0.3, 0.4) is 0 Å². The summed E-state index contributed by atoms with van der Waals surface area (Å²) in [4.78, 5) is 11.0. The van der Waals surface area contributed by atoms with Crippen LogP contribution in [0, 0.1) is 0 Å². The van der Waals surface area contributed by atoms with Gasteiger partial charge in [-0.25, -0.2) is 0 Å². The largest absolute Gasteiger partial charge is 0.383 e. The number of carbonyl (C=O) groups is 1. The molecular weight excluding hydrogens is 186 g/mol. The summed E-state index contributed by atoms with van der Waals surface area (Å²) in [6.07, 6.45) is -0.637. The highest BCUT2D eigenvalue weighted by molar-refractivity contribution is 5.83. The Morgan fingerprint density at radius 1 is 1.57 bits per heavy atom. The van der Waals surface area contributed by atoms with E-state index in [0.29, 0.717) is 13.0 Å². The van der Waals surface area contributed by atoms with Crippen molar-refractivity contribution in [2.45, 2.75) is 44.3 Å². The number of hydrogen-bond acceptors (Lipinski definition) is 4. The summed E-state index contributed by atoms with van der Waals surface area (Å²) in [6.45, 7) is 4.13. The van der Waals surface area contributed by atoms with Gasteiger partial charge in [0.25, 0.3) is 0 Å². The Balaban J connectivity index is 1.95. The predicted octanol–water partition coefficient (Wildman–Crippen LogP) is -0.613. The van der Waals surface area contributed by atoms with Crippen LogP contribution in [-0.2, 0) is 14.3 Å². The normalized spacial score (nSPS) is 41.4. The standard InChI is InChI=1S/C9H15NO4/c1-9(2)13-4-7(14-9)5-3-6(11)8(12)10-5/h5-7,11H,3-4H2,1-2H3,(H,10,12)/t5-,6+,7+/m0/s1. The summed E-state index contributed by atoms with van der Waals surface area (Å²) in [7, 11) is 0. The van der Waals surface area contributed by atoms with Crippen LogP contribution in [0.25, 0.3) is 0 Å². The highest BCUT2D eigenvalue weighted by atomic mass is 16.7. The zero-order chi connectivity index (χ0) is 10.3.